The zero-order valence-electron chi connectivity index (χ0n) is 13.0. The molecular formula is C17H22N2O2. The average molecular weight is 286 g/mol. The lowest BCUT2D eigenvalue weighted by Gasteiger charge is -2.18. The van der Waals surface area contributed by atoms with Crippen LogP contribution in [-0.2, 0) is 11.2 Å². The number of benzene rings is 1. The van der Waals surface area contributed by atoms with Gasteiger partial charge in [-0.2, -0.15) is 0 Å². The maximum Gasteiger partial charge on any atom is 0.358 e. The van der Waals surface area contributed by atoms with Gasteiger partial charge in [0.05, 0.1) is 25.2 Å². The Bertz CT molecular complexity index is 603. The molecule has 0 bridgehead atoms. The van der Waals surface area contributed by atoms with E-state index < -0.39 is 0 Å². The first-order valence-electron chi connectivity index (χ1n) is 7.23. The number of imidazole rings is 1. The summed E-state index contributed by atoms with van der Waals surface area (Å²) in [6.45, 7) is 6.37. The van der Waals surface area contributed by atoms with Gasteiger partial charge in [0.1, 0.15) is 0 Å². The fourth-order valence-corrected chi connectivity index (χ4v) is 2.47. The molecule has 1 aromatic heterocycles. The van der Waals surface area contributed by atoms with E-state index in [2.05, 4.69) is 42.5 Å². The van der Waals surface area contributed by atoms with Gasteiger partial charge in [-0.25, -0.2) is 9.78 Å². The number of nitrogens with zero attached hydrogens (tertiary/aromatic N) is 2. The first-order chi connectivity index (χ1) is 10.0. The maximum atomic E-state index is 11.9. The van der Waals surface area contributed by atoms with Crippen molar-refractivity contribution in [3.8, 4) is 0 Å². The van der Waals surface area contributed by atoms with Gasteiger partial charge in [-0.05, 0) is 24.8 Å². The highest BCUT2D eigenvalue weighted by atomic mass is 16.5. The Balaban J connectivity index is 2.43. The molecule has 0 fully saturated rings. The predicted octanol–water partition coefficient (Wildman–Crippen LogP) is 3.48. The number of aromatic nitrogens is 2. The zero-order valence-corrected chi connectivity index (χ0v) is 13.0. The van der Waals surface area contributed by atoms with Crippen LogP contribution in [0.1, 0.15) is 48.6 Å². The van der Waals surface area contributed by atoms with Crippen LogP contribution in [0.3, 0.4) is 0 Å². The fourth-order valence-electron chi connectivity index (χ4n) is 2.47. The van der Waals surface area contributed by atoms with Crippen LogP contribution in [0.4, 0.5) is 0 Å². The van der Waals surface area contributed by atoms with E-state index in [1.807, 2.05) is 18.2 Å². The minimum atomic E-state index is -0.371. The summed E-state index contributed by atoms with van der Waals surface area (Å²) in [4.78, 5) is 16.2. The minimum absolute atomic E-state index is 0.130. The molecule has 4 nitrogen and oxygen atoms in total. The summed E-state index contributed by atoms with van der Waals surface area (Å²) < 4.78 is 6.91. The summed E-state index contributed by atoms with van der Waals surface area (Å²) in [6, 6.07) is 10.3. The number of methoxy groups -OCH3 is 1. The van der Waals surface area contributed by atoms with Crippen LogP contribution < -0.4 is 0 Å². The van der Waals surface area contributed by atoms with Crippen molar-refractivity contribution in [2.75, 3.05) is 7.11 Å². The van der Waals surface area contributed by atoms with Crippen molar-refractivity contribution in [2.24, 2.45) is 5.92 Å². The largest absolute Gasteiger partial charge is 0.464 e. The number of carbonyl (C=O) groups excluding carboxylic acids is 1. The fraction of sp³-hybridized carbons (Fsp3) is 0.412. The summed E-state index contributed by atoms with van der Waals surface area (Å²) in [5.74, 6) is 0.0662. The van der Waals surface area contributed by atoms with Gasteiger partial charge in [0.2, 0.25) is 0 Å². The quantitative estimate of drug-likeness (QED) is 0.790. The Hall–Kier alpha value is -2.10. The van der Waals surface area contributed by atoms with Crippen molar-refractivity contribution >= 4 is 5.97 Å². The molecule has 1 atom stereocenters. The van der Waals surface area contributed by atoms with E-state index in [1.165, 1.54) is 12.7 Å². The molecule has 2 rings (SSSR count). The topological polar surface area (TPSA) is 44.1 Å². The van der Waals surface area contributed by atoms with Gasteiger partial charge >= 0.3 is 5.97 Å². The monoisotopic (exact) mass is 286 g/mol. The van der Waals surface area contributed by atoms with Gasteiger partial charge < -0.3 is 9.30 Å². The Morgan fingerprint density at radius 1 is 1.24 bits per heavy atom. The van der Waals surface area contributed by atoms with Gasteiger partial charge in [0.15, 0.2) is 5.69 Å². The molecule has 0 aliphatic carbocycles. The average Bonchev–Trinajstić information content (AvgIpc) is 2.89. The van der Waals surface area contributed by atoms with Crippen molar-refractivity contribution in [3.05, 3.63) is 53.6 Å². The molecule has 0 aliphatic rings. The molecule has 0 amide bonds. The molecule has 0 aliphatic heterocycles. The predicted molar refractivity (Wildman–Crippen MR) is 82.4 cm³/mol. The van der Waals surface area contributed by atoms with E-state index in [4.69, 9.17) is 4.74 Å². The number of esters is 1. The SMILES string of the molecule is COC(=O)c1ncn(C(C)c2ccccc2)c1CC(C)C. The Labute approximate surface area is 125 Å². The lowest BCUT2D eigenvalue weighted by atomic mass is 10.0. The number of hydrogen-bond donors (Lipinski definition) is 0. The van der Waals surface area contributed by atoms with Crippen molar-refractivity contribution in [3.63, 3.8) is 0 Å². The highest BCUT2D eigenvalue weighted by Gasteiger charge is 2.22. The van der Waals surface area contributed by atoms with Crippen LogP contribution in [0.25, 0.3) is 0 Å². The van der Waals surface area contributed by atoms with E-state index >= 15 is 0 Å². The van der Waals surface area contributed by atoms with Gasteiger partial charge in [-0.1, -0.05) is 44.2 Å². The molecule has 0 saturated carbocycles. The molecule has 4 heteroatoms. The highest BCUT2D eigenvalue weighted by Crippen LogP contribution is 2.23. The van der Waals surface area contributed by atoms with E-state index in [9.17, 15) is 4.79 Å². The number of rotatable bonds is 5. The zero-order chi connectivity index (χ0) is 15.4. The Kier molecular flexibility index (Phi) is 4.78. The summed E-state index contributed by atoms with van der Waals surface area (Å²) in [6.07, 6.45) is 2.53. The van der Waals surface area contributed by atoms with Crippen molar-refractivity contribution < 1.29 is 9.53 Å². The van der Waals surface area contributed by atoms with Crippen LogP contribution in [0.15, 0.2) is 36.7 Å². The van der Waals surface area contributed by atoms with E-state index in [1.54, 1.807) is 6.33 Å². The number of carbonyl (C=O) groups is 1. The lowest BCUT2D eigenvalue weighted by molar-refractivity contribution is 0.0593. The summed E-state index contributed by atoms with van der Waals surface area (Å²) in [5, 5.41) is 0. The molecule has 0 spiro atoms. The molecule has 0 N–H and O–H groups in total. The molecule has 1 unspecified atom stereocenters. The molecule has 0 radical (unpaired) electrons. The Morgan fingerprint density at radius 2 is 1.90 bits per heavy atom. The lowest BCUT2D eigenvalue weighted by Crippen LogP contribution is -2.14. The van der Waals surface area contributed by atoms with Gasteiger partial charge in [0.25, 0.3) is 0 Å². The smallest absolute Gasteiger partial charge is 0.358 e. The summed E-state index contributed by atoms with van der Waals surface area (Å²) in [5.41, 5.74) is 2.55. The summed E-state index contributed by atoms with van der Waals surface area (Å²) in [7, 11) is 1.39. The minimum Gasteiger partial charge on any atom is -0.464 e. The van der Waals surface area contributed by atoms with Crippen molar-refractivity contribution in [1.29, 1.82) is 0 Å². The maximum absolute atomic E-state index is 11.9. The molecule has 0 saturated heterocycles. The second-order valence-electron chi connectivity index (χ2n) is 5.62. The van der Waals surface area contributed by atoms with E-state index in [-0.39, 0.29) is 12.0 Å². The van der Waals surface area contributed by atoms with Crippen LogP contribution in [-0.4, -0.2) is 22.6 Å². The van der Waals surface area contributed by atoms with Crippen molar-refractivity contribution in [2.45, 2.75) is 33.2 Å². The summed E-state index contributed by atoms with van der Waals surface area (Å²) >= 11 is 0. The molecule has 1 heterocycles. The van der Waals surface area contributed by atoms with Gasteiger partial charge in [-0.3, -0.25) is 0 Å². The van der Waals surface area contributed by atoms with Gasteiger partial charge in [-0.15, -0.1) is 0 Å². The third-order valence-corrected chi connectivity index (χ3v) is 3.58. The normalized spacial score (nSPS) is 12.4. The first kappa shape index (κ1) is 15.3. The molecule has 112 valence electrons. The standard InChI is InChI=1S/C17H22N2O2/c1-12(2)10-15-16(17(20)21-4)18-11-19(15)13(3)14-8-6-5-7-9-14/h5-9,11-13H,10H2,1-4H3. The molecule has 1 aromatic carbocycles. The second-order valence-corrected chi connectivity index (χ2v) is 5.62. The second kappa shape index (κ2) is 6.57. The van der Waals surface area contributed by atoms with Crippen LogP contribution in [0.2, 0.25) is 0 Å². The molecular weight excluding hydrogens is 264 g/mol. The van der Waals surface area contributed by atoms with E-state index in [0.29, 0.717) is 11.6 Å². The van der Waals surface area contributed by atoms with Crippen molar-refractivity contribution in [1.82, 2.24) is 9.55 Å². The van der Waals surface area contributed by atoms with Crippen LogP contribution >= 0.6 is 0 Å². The van der Waals surface area contributed by atoms with Crippen LogP contribution in [0.5, 0.6) is 0 Å². The van der Waals surface area contributed by atoms with Crippen LogP contribution in [0, 0.1) is 5.92 Å². The van der Waals surface area contributed by atoms with E-state index in [0.717, 1.165) is 12.1 Å². The third-order valence-electron chi connectivity index (χ3n) is 3.58. The third kappa shape index (κ3) is 3.32. The van der Waals surface area contributed by atoms with Gasteiger partial charge in [0, 0.05) is 0 Å². The highest BCUT2D eigenvalue weighted by molar-refractivity contribution is 5.88. The molecule has 21 heavy (non-hydrogen) atoms. The first-order valence-corrected chi connectivity index (χ1v) is 7.23. The molecule has 2 aromatic rings. The number of ether oxygens (including phenoxy) is 1. The Morgan fingerprint density at radius 3 is 2.48 bits per heavy atom. The number of hydrogen-bond acceptors (Lipinski definition) is 3.